The molecule has 0 radical (unpaired) electrons. The molecule has 0 saturated carbocycles. The number of amides is 1. The lowest BCUT2D eigenvalue weighted by atomic mass is 10.2. The number of anilines is 2. The Morgan fingerprint density at radius 3 is 2.52 bits per heavy atom. The molecule has 0 saturated heterocycles. The molecule has 1 aromatic heterocycles. The number of halogens is 1. The molecule has 4 rings (SSSR count). The molecule has 2 N–H and O–H groups in total. The fourth-order valence-electron chi connectivity index (χ4n) is 2.98. The molecule has 9 heteroatoms. The van der Waals surface area contributed by atoms with Crippen molar-refractivity contribution in [3.63, 3.8) is 0 Å². The second kappa shape index (κ2) is 8.30. The van der Waals surface area contributed by atoms with Crippen molar-refractivity contribution in [2.75, 3.05) is 10.0 Å². The molecular formula is C22H18ClN3O3S2. The van der Waals surface area contributed by atoms with Gasteiger partial charge in [0.2, 0.25) is 0 Å². The van der Waals surface area contributed by atoms with Crippen molar-refractivity contribution in [2.24, 2.45) is 0 Å². The molecule has 0 atom stereocenters. The Labute approximate surface area is 189 Å². The minimum Gasteiger partial charge on any atom is -0.298 e. The smallest absolute Gasteiger partial charge is 0.261 e. The summed E-state index contributed by atoms with van der Waals surface area (Å²) >= 11 is 7.48. The van der Waals surface area contributed by atoms with E-state index in [1.165, 1.54) is 29.5 Å². The third-order valence-electron chi connectivity index (χ3n) is 4.68. The number of carbonyl (C=O) groups is 1. The highest BCUT2D eigenvalue weighted by Crippen LogP contribution is 2.32. The van der Waals surface area contributed by atoms with Gasteiger partial charge in [0.1, 0.15) is 0 Å². The molecule has 158 valence electrons. The Balaban J connectivity index is 1.54. The lowest BCUT2D eigenvalue weighted by Crippen LogP contribution is -2.15. The Bertz CT molecular complexity index is 1400. The Morgan fingerprint density at radius 2 is 1.77 bits per heavy atom. The van der Waals surface area contributed by atoms with E-state index in [2.05, 4.69) is 15.0 Å². The van der Waals surface area contributed by atoms with Gasteiger partial charge in [0.25, 0.3) is 15.9 Å². The number of aromatic nitrogens is 1. The number of benzene rings is 3. The van der Waals surface area contributed by atoms with Gasteiger partial charge in [-0.15, -0.1) is 0 Å². The summed E-state index contributed by atoms with van der Waals surface area (Å²) in [6, 6.07) is 16.5. The summed E-state index contributed by atoms with van der Waals surface area (Å²) in [5, 5.41) is 3.83. The van der Waals surface area contributed by atoms with Gasteiger partial charge in [0.05, 0.1) is 15.1 Å². The second-order valence-corrected chi connectivity index (χ2v) is 10.1. The number of hydrogen-bond donors (Lipinski definition) is 2. The minimum atomic E-state index is -3.76. The third-order valence-corrected chi connectivity index (χ3v) is 7.42. The van der Waals surface area contributed by atoms with Crippen molar-refractivity contribution in [2.45, 2.75) is 18.7 Å². The molecule has 0 spiro atoms. The van der Waals surface area contributed by atoms with Crippen LogP contribution in [0.25, 0.3) is 10.2 Å². The maximum absolute atomic E-state index is 12.7. The summed E-state index contributed by atoms with van der Waals surface area (Å²) in [5.74, 6) is -0.390. The van der Waals surface area contributed by atoms with Crippen molar-refractivity contribution in [3.8, 4) is 0 Å². The van der Waals surface area contributed by atoms with Crippen molar-refractivity contribution in [1.29, 1.82) is 0 Å². The van der Waals surface area contributed by atoms with E-state index < -0.39 is 10.0 Å². The van der Waals surface area contributed by atoms with Gasteiger partial charge in [-0.1, -0.05) is 46.7 Å². The molecule has 0 unspecified atom stereocenters. The maximum Gasteiger partial charge on any atom is 0.261 e. The van der Waals surface area contributed by atoms with E-state index in [0.717, 1.165) is 21.3 Å². The number of nitrogens with zero attached hydrogens (tertiary/aromatic N) is 1. The zero-order valence-electron chi connectivity index (χ0n) is 16.6. The minimum absolute atomic E-state index is 0.150. The third kappa shape index (κ3) is 4.56. The van der Waals surface area contributed by atoms with Crippen molar-refractivity contribution in [1.82, 2.24) is 4.98 Å². The van der Waals surface area contributed by atoms with Gasteiger partial charge in [0.15, 0.2) is 5.13 Å². The number of hydrogen-bond acceptors (Lipinski definition) is 5. The first-order valence-corrected chi connectivity index (χ1v) is 12.0. The number of rotatable bonds is 5. The molecule has 0 fully saturated rings. The van der Waals surface area contributed by atoms with E-state index in [1.54, 1.807) is 36.4 Å². The van der Waals surface area contributed by atoms with E-state index in [0.29, 0.717) is 21.4 Å². The monoisotopic (exact) mass is 471 g/mol. The van der Waals surface area contributed by atoms with E-state index in [4.69, 9.17) is 11.6 Å². The zero-order valence-corrected chi connectivity index (χ0v) is 19.0. The highest BCUT2D eigenvalue weighted by Gasteiger charge is 2.16. The predicted octanol–water partition coefficient (Wildman–Crippen LogP) is 5.62. The van der Waals surface area contributed by atoms with E-state index >= 15 is 0 Å². The van der Waals surface area contributed by atoms with Crippen LogP contribution in [0.4, 0.5) is 10.8 Å². The number of nitrogens with one attached hydrogen (secondary N) is 2. The van der Waals surface area contributed by atoms with Crippen molar-refractivity contribution >= 4 is 59.9 Å². The average Bonchev–Trinajstić information content (AvgIpc) is 3.14. The average molecular weight is 472 g/mol. The van der Waals surface area contributed by atoms with Crippen LogP contribution in [0.3, 0.4) is 0 Å². The molecule has 6 nitrogen and oxygen atoms in total. The number of carbonyl (C=O) groups excluding carboxylic acids is 1. The number of thiazole rings is 1. The Morgan fingerprint density at radius 1 is 1.03 bits per heavy atom. The summed E-state index contributed by atoms with van der Waals surface area (Å²) in [4.78, 5) is 17.3. The standard InChI is InChI=1S/C22H18ClN3O3S2/c1-13-6-8-17(9-7-13)31(28,29)26-16-5-3-4-15(12-16)21(27)25-22-24-20-14(2)18(23)10-11-19(20)30-22/h3-12,26H,1-2H3,(H,24,25,27). The van der Waals surface area contributed by atoms with E-state index in [1.807, 2.05) is 19.9 Å². The van der Waals surface area contributed by atoms with Gasteiger partial charge in [-0.2, -0.15) is 0 Å². The van der Waals surface area contributed by atoms with Gasteiger partial charge in [-0.05, 0) is 61.9 Å². The van der Waals surface area contributed by atoms with Crippen LogP contribution >= 0.6 is 22.9 Å². The lowest BCUT2D eigenvalue weighted by Gasteiger charge is -2.10. The van der Waals surface area contributed by atoms with E-state index in [9.17, 15) is 13.2 Å². The van der Waals surface area contributed by atoms with Gasteiger partial charge in [-0.25, -0.2) is 13.4 Å². The molecule has 0 aliphatic carbocycles. The Kier molecular flexibility index (Phi) is 5.70. The SMILES string of the molecule is Cc1ccc(S(=O)(=O)Nc2cccc(C(=O)Nc3nc4c(C)c(Cl)ccc4s3)c2)cc1. The summed E-state index contributed by atoms with van der Waals surface area (Å²) in [7, 11) is -3.76. The predicted molar refractivity (Wildman–Crippen MR) is 126 cm³/mol. The van der Waals surface area contributed by atoms with Gasteiger partial charge < -0.3 is 0 Å². The summed E-state index contributed by atoms with van der Waals surface area (Å²) in [6.07, 6.45) is 0. The van der Waals surface area contributed by atoms with Crippen LogP contribution in [0.2, 0.25) is 5.02 Å². The highest BCUT2D eigenvalue weighted by molar-refractivity contribution is 7.92. The van der Waals surface area contributed by atoms with Crippen molar-refractivity contribution < 1.29 is 13.2 Å². The van der Waals surface area contributed by atoms with Crippen LogP contribution < -0.4 is 10.0 Å². The zero-order chi connectivity index (χ0) is 22.2. The van der Waals surface area contributed by atoms with Gasteiger partial charge >= 0.3 is 0 Å². The summed E-state index contributed by atoms with van der Waals surface area (Å²) in [5.41, 5.74) is 3.15. The molecule has 31 heavy (non-hydrogen) atoms. The molecule has 1 heterocycles. The fourth-order valence-corrected chi connectivity index (χ4v) is 5.10. The molecule has 0 aliphatic heterocycles. The first-order valence-electron chi connectivity index (χ1n) is 9.29. The van der Waals surface area contributed by atoms with Crippen LogP contribution in [0.1, 0.15) is 21.5 Å². The number of sulfonamides is 1. The lowest BCUT2D eigenvalue weighted by molar-refractivity contribution is 0.102. The topological polar surface area (TPSA) is 88.2 Å². The van der Waals surface area contributed by atoms with Crippen LogP contribution in [0.5, 0.6) is 0 Å². The summed E-state index contributed by atoms with van der Waals surface area (Å²) in [6.45, 7) is 3.76. The molecule has 0 bridgehead atoms. The van der Waals surface area contributed by atoms with Crippen molar-refractivity contribution in [3.05, 3.63) is 82.4 Å². The van der Waals surface area contributed by atoms with Gasteiger partial charge in [-0.3, -0.25) is 14.8 Å². The second-order valence-electron chi connectivity index (χ2n) is 6.99. The normalized spacial score (nSPS) is 11.5. The van der Waals surface area contributed by atoms with E-state index in [-0.39, 0.29) is 10.8 Å². The maximum atomic E-state index is 12.7. The molecule has 0 aliphatic rings. The first-order chi connectivity index (χ1) is 14.7. The quantitative estimate of drug-likeness (QED) is 0.395. The highest BCUT2D eigenvalue weighted by atomic mass is 35.5. The van der Waals surface area contributed by atoms with Crippen LogP contribution in [-0.2, 0) is 10.0 Å². The largest absolute Gasteiger partial charge is 0.298 e. The number of aryl methyl sites for hydroxylation is 2. The summed E-state index contributed by atoms with van der Waals surface area (Å²) < 4.78 is 28.7. The molecule has 4 aromatic rings. The van der Waals surface area contributed by atoms with Crippen LogP contribution in [-0.4, -0.2) is 19.3 Å². The van der Waals surface area contributed by atoms with Crippen LogP contribution in [0.15, 0.2) is 65.6 Å². The first kappa shape index (κ1) is 21.3. The molecule has 3 aromatic carbocycles. The molecular weight excluding hydrogens is 454 g/mol. The van der Waals surface area contributed by atoms with Crippen LogP contribution in [0, 0.1) is 13.8 Å². The number of fused-ring (bicyclic) bond motifs is 1. The molecule has 1 amide bonds. The fraction of sp³-hybridized carbons (Fsp3) is 0.0909. The van der Waals surface area contributed by atoms with Gasteiger partial charge in [0, 0.05) is 16.3 Å². The Hall–Kier alpha value is -2.94.